The zero-order valence-electron chi connectivity index (χ0n) is 17.6. The lowest BCUT2D eigenvalue weighted by Gasteiger charge is -2.24. The Balaban J connectivity index is 2.13. The minimum atomic E-state index is -0.129. The van der Waals surface area contributed by atoms with Crippen LogP contribution >= 0.6 is 0 Å². The van der Waals surface area contributed by atoms with Crippen LogP contribution in [0.3, 0.4) is 0 Å². The van der Waals surface area contributed by atoms with Gasteiger partial charge in [0.25, 0.3) is 0 Å². The van der Waals surface area contributed by atoms with Crippen LogP contribution < -0.4 is 15.0 Å². The third kappa shape index (κ3) is 5.59. The first kappa shape index (κ1) is 21.5. The molecule has 0 aliphatic carbocycles. The quantitative estimate of drug-likeness (QED) is 0.750. The number of hydrogen-bond acceptors (Lipinski definition) is 3. The number of amides is 2. The predicted molar refractivity (Wildman–Crippen MR) is 114 cm³/mol. The Hall–Kier alpha value is -2.82. The van der Waals surface area contributed by atoms with E-state index in [1.807, 2.05) is 71.0 Å². The third-order valence-corrected chi connectivity index (χ3v) is 4.40. The van der Waals surface area contributed by atoms with E-state index in [1.165, 1.54) is 6.92 Å². The van der Waals surface area contributed by atoms with E-state index in [-0.39, 0.29) is 30.9 Å². The van der Waals surface area contributed by atoms with E-state index in [2.05, 4.69) is 5.32 Å². The van der Waals surface area contributed by atoms with Crippen molar-refractivity contribution in [2.75, 3.05) is 16.8 Å². The van der Waals surface area contributed by atoms with Crippen LogP contribution in [-0.4, -0.2) is 24.5 Å². The maximum Gasteiger partial charge on any atom is 0.226 e. The monoisotopic (exact) mass is 382 g/mol. The molecule has 2 rings (SSSR count). The van der Waals surface area contributed by atoms with Gasteiger partial charge < -0.3 is 15.0 Å². The van der Waals surface area contributed by atoms with Crippen molar-refractivity contribution in [3.05, 3.63) is 53.1 Å². The van der Waals surface area contributed by atoms with Gasteiger partial charge in [0, 0.05) is 25.6 Å². The van der Waals surface area contributed by atoms with Gasteiger partial charge in [-0.15, -0.1) is 0 Å². The highest BCUT2D eigenvalue weighted by Gasteiger charge is 2.18. The summed E-state index contributed by atoms with van der Waals surface area (Å²) >= 11 is 0. The number of carbonyl (C=O) groups excluding carboxylic acids is 2. The molecule has 0 aliphatic heterocycles. The molecule has 2 aromatic rings. The van der Waals surface area contributed by atoms with Crippen molar-refractivity contribution >= 4 is 23.2 Å². The molecule has 2 amide bonds. The van der Waals surface area contributed by atoms with Crippen molar-refractivity contribution in [1.29, 1.82) is 0 Å². The smallest absolute Gasteiger partial charge is 0.226 e. The Morgan fingerprint density at radius 2 is 1.68 bits per heavy atom. The molecule has 1 N–H and O–H groups in total. The Morgan fingerprint density at radius 1 is 1.07 bits per heavy atom. The number of anilines is 2. The van der Waals surface area contributed by atoms with Gasteiger partial charge in [-0.2, -0.15) is 0 Å². The van der Waals surface area contributed by atoms with Crippen LogP contribution in [0.2, 0.25) is 0 Å². The van der Waals surface area contributed by atoms with Gasteiger partial charge in [0.05, 0.1) is 11.8 Å². The van der Waals surface area contributed by atoms with Crippen LogP contribution in [0, 0.1) is 20.8 Å². The van der Waals surface area contributed by atoms with Crippen molar-refractivity contribution in [1.82, 2.24) is 0 Å². The molecule has 150 valence electrons. The average Bonchev–Trinajstić information content (AvgIpc) is 2.59. The summed E-state index contributed by atoms with van der Waals surface area (Å²) in [6.07, 6.45) is 0.188. The number of para-hydroxylation sites is 2. The van der Waals surface area contributed by atoms with Gasteiger partial charge >= 0.3 is 0 Å². The van der Waals surface area contributed by atoms with Gasteiger partial charge in [0.1, 0.15) is 5.75 Å². The van der Waals surface area contributed by atoms with Gasteiger partial charge in [-0.1, -0.05) is 29.8 Å². The minimum absolute atomic E-state index is 0.00857. The lowest BCUT2D eigenvalue weighted by molar-refractivity contribution is -0.117. The molecule has 0 saturated heterocycles. The molecule has 0 spiro atoms. The summed E-state index contributed by atoms with van der Waals surface area (Å²) in [7, 11) is 0. The summed E-state index contributed by atoms with van der Waals surface area (Å²) < 4.78 is 5.83. The molecule has 2 aromatic carbocycles. The number of aryl methyl sites for hydroxylation is 3. The summed E-state index contributed by atoms with van der Waals surface area (Å²) in [5, 5.41) is 2.99. The Bertz CT molecular complexity index is 836. The first-order valence-corrected chi connectivity index (χ1v) is 9.60. The first-order valence-electron chi connectivity index (χ1n) is 9.60. The average molecular weight is 383 g/mol. The molecule has 5 heteroatoms. The van der Waals surface area contributed by atoms with Crippen LogP contribution in [0.15, 0.2) is 36.4 Å². The topological polar surface area (TPSA) is 58.6 Å². The normalized spacial score (nSPS) is 10.7. The molecule has 0 bridgehead atoms. The standard InChI is InChI=1S/C23H30N2O3/c1-15(2)28-21-10-8-7-9-20(21)25(19(6)26)12-11-22(27)24-23-17(4)13-16(3)14-18(23)5/h7-10,13-15H,11-12H2,1-6H3,(H,24,27). The van der Waals surface area contributed by atoms with E-state index >= 15 is 0 Å². The largest absolute Gasteiger partial charge is 0.489 e. The fraction of sp³-hybridized carbons (Fsp3) is 0.391. The fourth-order valence-electron chi connectivity index (χ4n) is 3.27. The first-order chi connectivity index (χ1) is 13.2. The SMILES string of the molecule is CC(=O)N(CCC(=O)Nc1c(C)cc(C)cc1C)c1ccccc1OC(C)C. The highest BCUT2D eigenvalue weighted by Crippen LogP contribution is 2.29. The van der Waals surface area contributed by atoms with E-state index in [0.717, 1.165) is 22.4 Å². The second-order valence-corrected chi connectivity index (χ2v) is 7.38. The van der Waals surface area contributed by atoms with Gasteiger partial charge in [0.2, 0.25) is 11.8 Å². The third-order valence-electron chi connectivity index (χ3n) is 4.40. The van der Waals surface area contributed by atoms with Crippen molar-refractivity contribution in [2.45, 2.75) is 54.1 Å². The van der Waals surface area contributed by atoms with Gasteiger partial charge in [0.15, 0.2) is 0 Å². The lowest BCUT2D eigenvalue weighted by atomic mass is 10.0. The lowest BCUT2D eigenvalue weighted by Crippen LogP contribution is -2.32. The number of nitrogens with one attached hydrogen (secondary N) is 1. The summed E-state index contributed by atoms with van der Waals surface area (Å²) in [5.41, 5.74) is 4.75. The van der Waals surface area contributed by atoms with Crippen molar-refractivity contribution in [3.63, 3.8) is 0 Å². The maximum absolute atomic E-state index is 12.5. The second kappa shape index (κ2) is 9.40. The number of carbonyl (C=O) groups is 2. The van der Waals surface area contributed by atoms with Gasteiger partial charge in [-0.05, 0) is 57.9 Å². The molecular weight excluding hydrogens is 352 g/mol. The maximum atomic E-state index is 12.5. The van der Waals surface area contributed by atoms with Gasteiger partial charge in [-0.25, -0.2) is 0 Å². The van der Waals surface area contributed by atoms with Crippen LogP contribution in [-0.2, 0) is 9.59 Å². The second-order valence-electron chi connectivity index (χ2n) is 7.38. The number of nitrogens with zero attached hydrogens (tertiary/aromatic N) is 1. The summed E-state index contributed by atoms with van der Waals surface area (Å²) in [5.74, 6) is 0.386. The molecule has 0 saturated carbocycles. The summed E-state index contributed by atoms with van der Waals surface area (Å²) in [6, 6.07) is 11.5. The van der Waals surface area contributed by atoms with Crippen molar-refractivity contribution in [3.8, 4) is 5.75 Å². The van der Waals surface area contributed by atoms with E-state index in [9.17, 15) is 9.59 Å². The predicted octanol–water partition coefficient (Wildman–Crippen LogP) is 4.78. The number of ether oxygens (including phenoxy) is 1. The van der Waals surface area contributed by atoms with Crippen molar-refractivity contribution in [2.24, 2.45) is 0 Å². The van der Waals surface area contributed by atoms with Crippen LogP contribution in [0.1, 0.15) is 43.9 Å². The molecule has 0 aromatic heterocycles. The summed E-state index contributed by atoms with van der Waals surface area (Å²) in [4.78, 5) is 26.4. The zero-order valence-corrected chi connectivity index (χ0v) is 17.6. The van der Waals surface area contributed by atoms with Crippen LogP contribution in [0.4, 0.5) is 11.4 Å². The minimum Gasteiger partial charge on any atom is -0.489 e. The Morgan fingerprint density at radius 3 is 2.25 bits per heavy atom. The summed E-state index contributed by atoms with van der Waals surface area (Å²) in [6.45, 7) is 11.7. The van der Waals surface area contributed by atoms with Crippen molar-refractivity contribution < 1.29 is 14.3 Å². The van der Waals surface area contributed by atoms with E-state index < -0.39 is 0 Å². The molecule has 0 fully saturated rings. The number of benzene rings is 2. The van der Waals surface area contributed by atoms with Gasteiger partial charge in [-0.3, -0.25) is 9.59 Å². The van der Waals surface area contributed by atoms with Crippen LogP contribution in [0.25, 0.3) is 0 Å². The zero-order chi connectivity index (χ0) is 20.8. The molecule has 0 heterocycles. The molecule has 0 unspecified atom stereocenters. The number of hydrogen-bond donors (Lipinski definition) is 1. The molecular formula is C23H30N2O3. The Kier molecular flexibility index (Phi) is 7.21. The highest BCUT2D eigenvalue weighted by molar-refractivity contribution is 5.96. The highest BCUT2D eigenvalue weighted by atomic mass is 16.5. The molecule has 5 nitrogen and oxygen atoms in total. The van der Waals surface area contributed by atoms with E-state index in [0.29, 0.717) is 11.4 Å². The molecule has 0 radical (unpaired) electrons. The molecule has 0 atom stereocenters. The fourth-order valence-corrected chi connectivity index (χ4v) is 3.27. The van der Waals surface area contributed by atoms with Crippen LogP contribution in [0.5, 0.6) is 5.75 Å². The number of rotatable bonds is 7. The molecule has 0 aliphatic rings. The van der Waals surface area contributed by atoms with E-state index in [4.69, 9.17) is 4.74 Å². The van der Waals surface area contributed by atoms with E-state index in [1.54, 1.807) is 4.90 Å². The molecule has 28 heavy (non-hydrogen) atoms. The Labute approximate surface area is 167 Å².